The number of fused-ring (bicyclic) bond motifs is 1. The van der Waals surface area contributed by atoms with Gasteiger partial charge in [-0.25, -0.2) is 19.9 Å². The molecule has 0 bridgehead atoms. The predicted molar refractivity (Wildman–Crippen MR) is 184 cm³/mol. The minimum absolute atomic E-state index is 0.0172. The number of amides is 2. The highest BCUT2D eigenvalue weighted by Crippen LogP contribution is 2.35. The number of aromatic nitrogens is 6. The Hall–Kier alpha value is -4.36. The maximum atomic E-state index is 14.3. The Balaban J connectivity index is 1.32. The van der Waals surface area contributed by atoms with Crippen molar-refractivity contribution in [2.45, 2.75) is 72.5 Å². The Morgan fingerprint density at radius 2 is 1.83 bits per heavy atom. The van der Waals surface area contributed by atoms with Gasteiger partial charge in [-0.1, -0.05) is 19.1 Å². The molecule has 242 valence electrons. The third kappa shape index (κ3) is 6.72. The minimum atomic E-state index is -0.726. The van der Waals surface area contributed by atoms with Crippen LogP contribution in [0.3, 0.4) is 0 Å². The lowest BCUT2D eigenvalue weighted by Gasteiger charge is -2.29. The van der Waals surface area contributed by atoms with Crippen molar-refractivity contribution in [3.05, 3.63) is 80.5 Å². The van der Waals surface area contributed by atoms with Crippen LogP contribution in [0.1, 0.15) is 59.8 Å². The molecule has 0 radical (unpaired) electrons. The van der Waals surface area contributed by atoms with Crippen LogP contribution in [-0.4, -0.2) is 64.3 Å². The standard InChI is InChI=1S/C34H35BrN8O3S/c1-6-25-17-47-30(38-25)13-23-12-28(34(46)40-33-18(2)7-10-29(35)39-33)43(19(23)3)31(45)16-42-27-9-8-22(24-14-36-21(5)37-15-24)11-26(27)32(41-42)20(4)44/h7-11,14-15,17,19,23,28H,6,12-13,16H2,1-5H3,(H,39,40,46)/t19-,23-,28+/m1/s1. The Bertz CT molecular complexity index is 1990. The summed E-state index contributed by atoms with van der Waals surface area (Å²) < 4.78 is 2.16. The first kappa shape index (κ1) is 32.6. The predicted octanol–water partition coefficient (Wildman–Crippen LogP) is 5.98. The van der Waals surface area contributed by atoms with Crippen molar-refractivity contribution in [2.75, 3.05) is 5.32 Å². The van der Waals surface area contributed by atoms with Gasteiger partial charge in [-0.3, -0.25) is 19.1 Å². The lowest BCUT2D eigenvalue weighted by molar-refractivity contribution is -0.139. The number of thiazole rings is 1. The number of hydrogen-bond donors (Lipinski definition) is 1. The molecular weight excluding hydrogens is 680 g/mol. The number of likely N-dealkylation sites (tertiary alicyclic amines) is 1. The van der Waals surface area contributed by atoms with E-state index in [4.69, 9.17) is 4.98 Å². The van der Waals surface area contributed by atoms with Crippen LogP contribution < -0.4 is 5.32 Å². The van der Waals surface area contributed by atoms with Gasteiger partial charge >= 0.3 is 0 Å². The summed E-state index contributed by atoms with van der Waals surface area (Å²) in [6, 6.07) is 8.35. The number of rotatable bonds is 9. The van der Waals surface area contributed by atoms with Crippen LogP contribution in [0.4, 0.5) is 5.82 Å². The van der Waals surface area contributed by atoms with Crippen LogP contribution in [0.25, 0.3) is 22.0 Å². The van der Waals surface area contributed by atoms with Crippen molar-refractivity contribution in [3.8, 4) is 11.1 Å². The van der Waals surface area contributed by atoms with Crippen LogP contribution in [0, 0.1) is 19.8 Å². The first-order valence-corrected chi connectivity index (χ1v) is 17.2. The number of ketones is 1. The molecule has 6 rings (SSSR count). The van der Waals surface area contributed by atoms with Crippen LogP contribution >= 0.6 is 27.3 Å². The fraction of sp³-hybridized carbons (Fsp3) is 0.353. The lowest BCUT2D eigenvalue weighted by Crippen LogP contribution is -2.48. The van der Waals surface area contributed by atoms with Gasteiger partial charge in [0.2, 0.25) is 11.8 Å². The number of hydrogen-bond acceptors (Lipinski definition) is 9. The molecule has 47 heavy (non-hydrogen) atoms. The molecule has 0 spiro atoms. The summed E-state index contributed by atoms with van der Waals surface area (Å²) in [4.78, 5) is 60.3. The van der Waals surface area contributed by atoms with Gasteiger partial charge in [0, 0.05) is 48.1 Å². The largest absolute Gasteiger partial charge is 0.326 e. The van der Waals surface area contributed by atoms with Crippen molar-refractivity contribution in [1.29, 1.82) is 0 Å². The molecule has 1 fully saturated rings. The molecule has 3 atom stereocenters. The van der Waals surface area contributed by atoms with E-state index in [2.05, 4.69) is 53.6 Å². The van der Waals surface area contributed by atoms with Crippen LogP contribution in [0.2, 0.25) is 0 Å². The molecule has 0 aliphatic carbocycles. The third-order valence-corrected chi connectivity index (χ3v) is 10.1. The Morgan fingerprint density at radius 3 is 2.53 bits per heavy atom. The normalized spacial score (nSPS) is 17.7. The Kier molecular flexibility index (Phi) is 9.29. The van der Waals surface area contributed by atoms with E-state index in [1.165, 1.54) is 6.92 Å². The van der Waals surface area contributed by atoms with Gasteiger partial charge < -0.3 is 10.2 Å². The molecule has 1 aliphatic rings. The third-order valence-electron chi connectivity index (χ3n) is 8.76. The maximum absolute atomic E-state index is 14.3. The second kappa shape index (κ2) is 13.4. The van der Waals surface area contributed by atoms with Gasteiger partial charge in [0.25, 0.3) is 0 Å². The number of aryl methyl sites for hydroxylation is 3. The lowest BCUT2D eigenvalue weighted by atomic mass is 9.96. The summed E-state index contributed by atoms with van der Waals surface area (Å²) in [6.45, 7) is 9.08. The highest BCUT2D eigenvalue weighted by atomic mass is 79.9. The summed E-state index contributed by atoms with van der Waals surface area (Å²) in [5, 5.41) is 11.3. The number of anilines is 1. The summed E-state index contributed by atoms with van der Waals surface area (Å²) >= 11 is 5.00. The second-order valence-corrected chi connectivity index (χ2v) is 13.7. The minimum Gasteiger partial charge on any atom is -0.326 e. The summed E-state index contributed by atoms with van der Waals surface area (Å²) in [5.74, 6) is 0.355. The zero-order valence-electron chi connectivity index (χ0n) is 26.8. The van der Waals surface area contributed by atoms with E-state index in [9.17, 15) is 14.4 Å². The summed E-state index contributed by atoms with van der Waals surface area (Å²) in [5.41, 5.74) is 4.42. The number of carbonyl (C=O) groups is 3. The average molecular weight is 716 g/mol. The van der Waals surface area contributed by atoms with E-state index >= 15 is 0 Å². The zero-order chi connectivity index (χ0) is 33.4. The van der Waals surface area contributed by atoms with E-state index in [1.807, 2.05) is 51.1 Å². The van der Waals surface area contributed by atoms with E-state index in [0.717, 1.165) is 33.8 Å². The molecule has 1 aromatic carbocycles. The molecular formula is C34H35BrN8O3S. The van der Waals surface area contributed by atoms with Crippen molar-refractivity contribution in [1.82, 2.24) is 34.6 Å². The monoisotopic (exact) mass is 714 g/mol. The first-order chi connectivity index (χ1) is 22.5. The maximum Gasteiger partial charge on any atom is 0.248 e. The van der Waals surface area contributed by atoms with Crippen LogP contribution in [0.15, 0.2) is 52.7 Å². The SMILES string of the molecule is CCc1csc(C[C@H]2C[C@@H](C(=O)Nc3nc(Br)ccc3C)N(C(=O)Cn3nc(C(C)=O)c4cc(-c5cnc(C)nc5)ccc43)[C@@H]2C)n1. The molecule has 11 nitrogen and oxygen atoms in total. The number of pyridine rings is 1. The number of nitrogens with zero attached hydrogens (tertiary/aromatic N) is 7. The Morgan fingerprint density at radius 1 is 1.06 bits per heavy atom. The van der Waals surface area contributed by atoms with Crippen molar-refractivity contribution >= 4 is 61.6 Å². The Labute approximate surface area is 285 Å². The number of nitrogens with one attached hydrogen (secondary N) is 1. The molecule has 2 amide bonds. The number of halogens is 1. The average Bonchev–Trinajstić information content (AvgIpc) is 3.75. The molecule has 1 saturated heterocycles. The quantitative estimate of drug-likeness (QED) is 0.146. The van der Waals surface area contributed by atoms with Gasteiger partial charge in [0.05, 0.1) is 16.2 Å². The molecule has 4 aromatic heterocycles. The molecule has 1 aliphatic heterocycles. The summed E-state index contributed by atoms with van der Waals surface area (Å²) in [6.07, 6.45) is 5.47. The molecule has 13 heteroatoms. The van der Waals surface area contributed by atoms with E-state index in [-0.39, 0.29) is 41.8 Å². The first-order valence-electron chi connectivity index (χ1n) is 15.5. The highest BCUT2D eigenvalue weighted by Gasteiger charge is 2.45. The second-order valence-electron chi connectivity index (χ2n) is 11.9. The fourth-order valence-electron chi connectivity index (χ4n) is 6.15. The highest BCUT2D eigenvalue weighted by molar-refractivity contribution is 9.10. The number of carbonyl (C=O) groups excluding carboxylic acids is 3. The van der Waals surface area contributed by atoms with Crippen LogP contribution in [-0.2, 0) is 29.0 Å². The molecule has 0 saturated carbocycles. The molecule has 5 heterocycles. The summed E-state index contributed by atoms with van der Waals surface area (Å²) in [7, 11) is 0. The zero-order valence-corrected chi connectivity index (χ0v) is 29.2. The van der Waals surface area contributed by atoms with Crippen molar-refractivity contribution < 1.29 is 14.4 Å². The van der Waals surface area contributed by atoms with Gasteiger partial charge in [-0.15, -0.1) is 11.3 Å². The van der Waals surface area contributed by atoms with E-state index in [1.54, 1.807) is 33.3 Å². The molecule has 0 unspecified atom stereocenters. The van der Waals surface area contributed by atoms with E-state index in [0.29, 0.717) is 40.0 Å². The van der Waals surface area contributed by atoms with Gasteiger partial charge in [-0.2, -0.15) is 5.10 Å². The van der Waals surface area contributed by atoms with Crippen molar-refractivity contribution in [2.24, 2.45) is 5.92 Å². The number of Topliss-reactive ketones (excluding diaryl/α,β-unsaturated/α-hetero) is 1. The molecule has 5 aromatic rings. The number of benzene rings is 1. The van der Waals surface area contributed by atoms with Crippen LogP contribution in [0.5, 0.6) is 0 Å². The van der Waals surface area contributed by atoms with Gasteiger partial charge in [0.15, 0.2) is 5.78 Å². The topological polar surface area (TPSA) is 136 Å². The van der Waals surface area contributed by atoms with Crippen molar-refractivity contribution in [3.63, 3.8) is 0 Å². The van der Waals surface area contributed by atoms with Gasteiger partial charge in [0.1, 0.15) is 34.5 Å². The van der Waals surface area contributed by atoms with Gasteiger partial charge in [-0.05, 0) is 84.8 Å². The fourth-order valence-corrected chi connectivity index (χ4v) is 7.43. The molecule has 1 N–H and O–H groups in total. The van der Waals surface area contributed by atoms with E-state index < -0.39 is 6.04 Å². The smallest absolute Gasteiger partial charge is 0.248 e.